The van der Waals surface area contributed by atoms with Crippen LogP contribution in [0.25, 0.3) is 0 Å². The van der Waals surface area contributed by atoms with E-state index in [1.165, 1.54) is 11.1 Å². The molecule has 0 saturated carbocycles. The zero-order chi connectivity index (χ0) is 19.2. The van der Waals surface area contributed by atoms with E-state index in [9.17, 15) is 0 Å². The van der Waals surface area contributed by atoms with Crippen molar-refractivity contribution in [3.63, 3.8) is 0 Å². The van der Waals surface area contributed by atoms with Gasteiger partial charge < -0.3 is 24.1 Å². The number of hydrogen-bond donors (Lipinski definition) is 1. The molecule has 2 heterocycles. The Hall–Kier alpha value is -2.25. The molecule has 1 aliphatic heterocycles. The second-order valence-corrected chi connectivity index (χ2v) is 7.02. The minimum absolute atomic E-state index is 0.622. The molecule has 0 atom stereocenters. The highest BCUT2D eigenvalue weighted by atomic mass is 32.1. The van der Waals surface area contributed by atoms with E-state index in [1.54, 1.807) is 20.5 Å². The molecule has 0 aliphatic carbocycles. The SMILES string of the molecule is COc1cc(C)c(CN2CCN(C(=S)NCc3ccco3)CC2)cc1OC. The number of furan rings is 1. The van der Waals surface area contributed by atoms with Gasteiger partial charge in [0.15, 0.2) is 16.6 Å². The quantitative estimate of drug-likeness (QED) is 0.763. The van der Waals surface area contributed by atoms with Crippen molar-refractivity contribution >= 4 is 17.3 Å². The van der Waals surface area contributed by atoms with Crippen LogP contribution in [0.5, 0.6) is 11.5 Å². The molecule has 7 heteroatoms. The van der Waals surface area contributed by atoms with E-state index in [0.717, 1.165) is 55.1 Å². The van der Waals surface area contributed by atoms with Crippen LogP contribution in [0.4, 0.5) is 0 Å². The van der Waals surface area contributed by atoms with Gasteiger partial charge in [0.25, 0.3) is 0 Å². The summed E-state index contributed by atoms with van der Waals surface area (Å²) in [5, 5.41) is 4.06. The maximum Gasteiger partial charge on any atom is 0.169 e. The van der Waals surface area contributed by atoms with Gasteiger partial charge in [-0.2, -0.15) is 0 Å². The minimum atomic E-state index is 0.622. The first-order valence-electron chi connectivity index (χ1n) is 9.09. The van der Waals surface area contributed by atoms with Crippen LogP contribution in [0.15, 0.2) is 34.9 Å². The van der Waals surface area contributed by atoms with Crippen molar-refractivity contribution in [3.05, 3.63) is 47.4 Å². The second kappa shape index (κ2) is 9.10. The van der Waals surface area contributed by atoms with Gasteiger partial charge in [0, 0.05) is 32.7 Å². The van der Waals surface area contributed by atoms with Crippen molar-refractivity contribution in [3.8, 4) is 11.5 Å². The smallest absolute Gasteiger partial charge is 0.169 e. The summed E-state index contributed by atoms with van der Waals surface area (Å²) in [6.45, 7) is 7.39. The highest BCUT2D eigenvalue weighted by Gasteiger charge is 2.20. The predicted octanol–water partition coefficient (Wildman–Crippen LogP) is 2.80. The summed E-state index contributed by atoms with van der Waals surface area (Å²) in [6.07, 6.45) is 1.68. The fraction of sp³-hybridized carbons (Fsp3) is 0.450. The molecule has 1 aromatic heterocycles. The average Bonchev–Trinajstić information content (AvgIpc) is 3.21. The summed E-state index contributed by atoms with van der Waals surface area (Å²) in [5.74, 6) is 2.44. The van der Waals surface area contributed by atoms with E-state index in [-0.39, 0.29) is 0 Å². The summed E-state index contributed by atoms with van der Waals surface area (Å²) in [5.41, 5.74) is 2.48. The number of piperazine rings is 1. The molecule has 0 spiro atoms. The maximum atomic E-state index is 5.52. The monoisotopic (exact) mass is 389 g/mol. The van der Waals surface area contributed by atoms with Crippen molar-refractivity contribution in [1.82, 2.24) is 15.1 Å². The molecule has 27 heavy (non-hydrogen) atoms. The predicted molar refractivity (Wildman–Crippen MR) is 109 cm³/mol. The van der Waals surface area contributed by atoms with Crippen LogP contribution < -0.4 is 14.8 Å². The van der Waals surface area contributed by atoms with Crippen molar-refractivity contribution in [1.29, 1.82) is 0 Å². The number of nitrogens with zero attached hydrogens (tertiary/aromatic N) is 2. The molecule has 0 amide bonds. The molecular formula is C20H27N3O3S. The second-order valence-electron chi connectivity index (χ2n) is 6.63. The standard InChI is InChI=1S/C20H27N3O3S/c1-15-11-18(24-2)19(25-3)12-16(15)14-22-6-8-23(9-7-22)20(27)21-13-17-5-4-10-26-17/h4-5,10-12H,6-9,13-14H2,1-3H3,(H,21,27). The van der Waals surface area contributed by atoms with Crippen LogP contribution in [0.1, 0.15) is 16.9 Å². The van der Waals surface area contributed by atoms with Crippen LogP contribution in [-0.4, -0.2) is 55.3 Å². The third kappa shape index (κ3) is 4.93. The highest BCUT2D eigenvalue weighted by molar-refractivity contribution is 7.80. The fourth-order valence-corrected chi connectivity index (χ4v) is 3.49. The number of hydrogen-bond acceptors (Lipinski definition) is 5. The number of aryl methyl sites for hydroxylation is 1. The number of rotatable bonds is 6. The van der Waals surface area contributed by atoms with Gasteiger partial charge in [0.2, 0.25) is 0 Å². The van der Waals surface area contributed by atoms with Crippen LogP contribution in [0.3, 0.4) is 0 Å². The first kappa shape index (κ1) is 19.5. The summed E-state index contributed by atoms with van der Waals surface area (Å²) in [7, 11) is 3.34. The molecule has 1 N–H and O–H groups in total. The topological polar surface area (TPSA) is 50.1 Å². The maximum absolute atomic E-state index is 5.52. The molecule has 146 valence electrons. The van der Waals surface area contributed by atoms with Crippen molar-refractivity contribution in [2.45, 2.75) is 20.0 Å². The Morgan fingerprint density at radius 1 is 1.15 bits per heavy atom. The molecule has 0 unspecified atom stereocenters. The third-order valence-electron chi connectivity index (χ3n) is 4.89. The summed E-state index contributed by atoms with van der Waals surface area (Å²) < 4.78 is 16.2. The van der Waals surface area contributed by atoms with E-state index in [0.29, 0.717) is 6.54 Å². The Morgan fingerprint density at radius 3 is 2.48 bits per heavy atom. The van der Waals surface area contributed by atoms with Crippen molar-refractivity contribution < 1.29 is 13.9 Å². The van der Waals surface area contributed by atoms with E-state index in [2.05, 4.69) is 28.1 Å². The van der Waals surface area contributed by atoms with E-state index < -0.39 is 0 Å². The Labute approximate surface area is 166 Å². The molecule has 1 saturated heterocycles. The minimum Gasteiger partial charge on any atom is -0.493 e. The Balaban J connectivity index is 1.51. The molecule has 1 aromatic carbocycles. The van der Waals surface area contributed by atoms with Gasteiger partial charge in [-0.1, -0.05) is 0 Å². The average molecular weight is 390 g/mol. The summed E-state index contributed by atoms with van der Waals surface area (Å²) in [6, 6.07) is 7.95. The zero-order valence-electron chi connectivity index (χ0n) is 16.2. The molecule has 6 nitrogen and oxygen atoms in total. The molecule has 0 bridgehead atoms. The zero-order valence-corrected chi connectivity index (χ0v) is 17.0. The van der Waals surface area contributed by atoms with Crippen LogP contribution in [0, 0.1) is 6.92 Å². The molecule has 1 aliphatic rings. The molecule has 3 rings (SSSR count). The van der Waals surface area contributed by atoms with Crippen molar-refractivity contribution in [2.24, 2.45) is 0 Å². The lowest BCUT2D eigenvalue weighted by Crippen LogP contribution is -2.51. The molecule has 0 radical (unpaired) electrons. The third-order valence-corrected chi connectivity index (χ3v) is 5.29. The van der Waals surface area contributed by atoms with Crippen LogP contribution in [-0.2, 0) is 13.1 Å². The number of methoxy groups -OCH3 is 2. The normalized spacial score (nSPS) is 14.9. The fourth-order valence-electron chi connectivity index (χ4n) is 3.23. The van der Waals surface area contributed by atoms with Gasteiger partial charge in [-0.3, -0.25) is 4.90 Å². The first-order valence-corrected chi connectivity index (χ1v) is 9.50. The van der Waals surface area contributed by atoms with Crippen LogP contribution >= 0.6 is 12.2 Å². The number of ether oxygens (including phenoxy) is 2. The van der Waals surface area contributed by atoms with E-state index >= 15 is 0 Å². The Kier molecular flexibility index (Phi) is 6.58. The van der Waals surface area contributed by atoms with Gasteiger partial charge in [-0.05, 0) is 54.5 Å². The number of benzene rings is 1. The number of nitrogens with one attached hydrogen (secondary N) is 1. The largest absolute Gasteiger partial charge is 0.493 e. The van der Waals surface area contributed by atoms with Crippen LogP contribution in [0.2, 0.25) is 0 Å². The molecular weight excluding hydrogens is 362 g/mol. The van der Waals surface area contributed by atoms with E-state index in [1.807, 2.05) is 18.2 Å². The number of thiocarbonyl (C=S) groups is 1. The Morgan fingerprint density at radius 2 is 1.85 bits per heavy atom. The molecule has 2 aromatic rings. The highest BCUT2D eigenvalue weighted by Crippen LogP contribution is 2.30. The lowest BCUT2D eigenvalue weighted by molar-refractivity contribution is 0.174. The molecule has 1 fully saturated rings. The Bertz CT molecular complexity index is 756. The van der Waals surface area contributed by atoms with Gasteiger partial charge in [0.1, 0.15) is 5.76 Å². The van der Waals surface area contributed by atoms with Gasteiger partial charge in [-0.25, -0.2) is 0 Å². The van der Waals surface area contributed by atoms with Crippen molar-refractivity contribution in [2.75, 3.05) is 40.4 Å². The first-order chi connectivity index (χ1) is 13.1. The van der Waals surface area contributed by atoms with Gasteiger partial charge >= 0.3 is 0 Å². The lowest BCUT2D eigenvalue weighted by Gasteiger charge is -2.36. The van der Waals surface area contributed by atoms with E-state index in [4.69, 9.17) is 26.1 Å². The lowest BCUT2D eigenvalue weighted by atomic mass is 10.1. The summed E-state index contributed by atoms with van der Waals surface area (Å²) >= 11 is 5.52. The summed E-state index contributed by atoms with van der Waals surface area (Å²) in [4.78, 5) is 4.66. The van der Waals surface area contributed by atoms with Gasteiger partial charge in [-0.15, -0.1) is 0 Å². The van der Waals surface area contributed by atoms with Gasteiger partial charge in [0.05, 0.1) is 27.0 Å².